The number of carbonyl (C=O) groups is 1. The second-order valence-corrected chi connectivity index (χ2v) is 5.28. The minimum Gasteiger partial charge on any atom is -0.478 e. The number of benzene rings is 1. The number of nitro groups is 1. The van der Waals surface area contributed by atoms with Gasteiger partial charge in [-0.15, -0.1) is 11.3 Å². The fourth-order valence-electron chi connectivity index (χ4n) is 1.55. The maximum Gasteiger partial charge on any atom is 0.313 e. The van der Waals surface area contributed by atoms with E-state index in [1.165, 1.54) is 11.3 Å². The van der Waals surface area contributed by atoms with E-state index in [2.05, 4.69) is 0 Å². The van der Waals surface area contributed by atoms with Crippen molar-refractivity contribution in [2.75, 3.05) is 6.61 Å². The molecule has 0 radical (unpaired) electrons. The van der Waals surface area contributed by atoms with Crippen molar-refractivity contribution in [3.8, 4) is 5.75 Å². The molecule has 0 N–H and O–H groups in total. The van der Waals surface area contributed by atoms with Gasteiger partial charge in [0.25, 0.3) is 0 Å². The molecule has 0 fully saturated rings. The summed E-state index contributed by atoms with van der Waals surface area (Å²) in [4.78, 5) is 23.3. The van der Waals surface area contributed by atoms with Gasteiger partial charge < -0.3 is 4.74 Å². The molecule has 2 rings (SSSR count). The second-order valence-electron chi connectivity index (χ2n) is 3.99. The minimum atomic E-state index is -0.752. The zero-order valence-corrected chi connectivity index (χ0v) is 11.3. The normalized spacial score (nSPS) is 10.3. The Balaban J connectivity index is 2.11. The van der Waals surface area contributed by atoms with Gasteiger partial charge in [-0.3, -0.25) is 14.9 Å². The van der Waals surface area contributed by atoms with E-state index in [0.29, 0.717) is 4.88 Å². The number of hydrogen-bond acceptors (Lipinski definition) is 5. The zero-order chi connectivity index (χ0) is 14.7. The summed E-state index contributed by atoms with van der Waals surface area (Å²) in [7, 11) is 0. The van der Waals surface area contributed by atoms with E-state index < -0.39 is 16.4 Å². The molecule has 0 bridgehead atoms. The van der Waals surface area contributed by atoms with Crippen LogP contribution in [0, 0.1) is 22.9 Å². The van der Waals surface area contributed by atoms with Gasteiger partial charge in [-0.1, -0.05) is 0 Å². The number of carbonyl (C=O) groups excluding carboxylic acids is 1. The summed E-state index contributed by atoms with van der Waals surface area (Å²) in [5.41, 5.74) is -0.500. The summed E-state index contributed by atoms with van der Waals surface area (Å²) >= 11 is 1.32. The smallest absolute Gasteiger partial charge is 0.313 e. The molecule has 0 aliphatic carbocycles. The van der Waals surface area contributed by atoms with Crippen molar-refractivity contribution in [1.29, 1.82) is 0 Å². The van der Waals surface area contributed by atoms with E-state index in [0.717, 1.165) is 23.1 Å². The van der Waals surface area contributed by atoms with Crippen LogP contribution in [0.15, 0.2) is 30.3 Å². The molecule has 0 aliphatic heterocycles. The molecule has 0 saturated heterocycles. The molecule has 1 aromatic heterocycles. The molecule has 5 nitrogen and oxygen atoms in total. The third-order valence-electron chi connectivity index (χ3n) is 2.49. The van der Waals surface area contributed by atoms with Crippen LogP contribution >= 0.6 is 11.3 Å². The van der Waals surface area contributed by atoms with Gasteiger partial charge in [0.05, 0.1) is 15.9 Å². The van der Waals surface area contributed by atoms with E-state index in [-0.39, 0.29) is 18.1 Å². The van der Waals surface area contributed by atoms with Crippen LogP contribution in [0.3, 0.4) is 0 Å². The lowest BCUT2D eigenvalue weighted by Crippen LogP contribution is -2.11. The average molecular weight is 295 g/mol. The lowest BCUT2D eigenvalue weighted by molar-refractivity contribution is -0.386. The Bertz CT molecular complexity index is 668. The highest BCUT2D eigenvalue weighted by atomic mass is 32.1. The summed E-state index contributed by atoms with van der Waals surface area (Å²) < 4.78 is 18.1. The second kappa shape index (κ2) is 5.79. The predicted molar refractivity (Wildman–Crippen MR) is 71.9 cm³/mol. The minimum absolute atomic E-state index is 0.127. The number of nitro benzene ring substituents is 1. The summed E-state index contributed by atoms with van der Waals surface area (Å²) in [5.74, 6) is -1.14. The van der Waals surface area contributed by atoms with Gasteiger partial charge in [0.2, 0.25) is 5.78 Å². The fraction of sp³-hybridized carbons (Fsp3) is 0.154. The van der Waals surface area contributed by atoms with E-state index in [1.807, 2.05) is 6.92 Å². The van der Waals surface area contributed by atoms with E-state index in [1.54, 1.807) is 12.1 Å². The molecule has 0 amide bonds. The molecule has 1 heterocycles. The van der Waals surface area contributed by atoms with Crippen molar-refractivity contribution in [2.24, 2.45) is 0 Å². The van der Waals surface area contributed by atoms with E-state index in [4.69, 9.17) is 4.74 Å². The maximum atomic E-state index is 12.9. The lowest BCUT2D eigenvalue weighted by atomic mass is 10.3. The van der Waals surface area contributed by atoms with Crippen molar-refractivity contribution in [2.45, 2.75) is 6.92 Å². The van der Waals surface area contributed by atoms with Gasteiger partial charge in [0.15, 0.2) is 12.4 Å². The average Bonchev–Trinajstić information content (AvgIpc) is 2.83. The Labute approximate surface area is 117 Å². The molecular formula is C13H10FNO4S. The summed E-state index contributed by atoms with van der Waals surface area (Å²) in [6, 6.07) is 6.42. The van der Waals surface area contributed by atoms with Crippen LogP contribution in [-0.4, -0.2) is 17.3 Å². The summed E-state index contributed by atoms with van der Waals surface area (Å²) in [5, 5.41) is 10.8. The van der Waals surface area contributed by atoms with Gasteiger partial charge in [-0.2, -0.15) is 0 Å². The highest BCUT2D eigenvalue weighted by molar-refractivity contribution is 7.14. The summed E-state index contributed by atoms with van der Waals surface area (Å²) in [6.45, 7) is 1.54. The first-order valence-corrected chi connectivity index (χ1v) is 6.45. The van der Waals surface area contributed by atoms with Crippen molar-refractivity contribution in [1.82, 2.24) is 0 Å². The van der Waals surface area contributed by atoms with Crippen LogP contribution in [0.2, 0.25) is 0 Å². The number of aryl methyl sites for hydroxylation is 1. The Morgan fingerprint density at radius 1 is 1.40 bits per heavy atom. The molecule has 0 saturated carbocycles. The maximum absolute atomic E-state index is 12.9. The molecule has 1 aromatic carbocycles. The predicted octanol–water partition coefficient (Wildman–Crippen LogP) is 3.37. The third-order valence-corrected chi connectivity index (χ3v) is 3.53. The number of ether oxygens (including phenoxy) is 1. The number of thiophene rings is 1. The van der Waals surface area contributed by atoms with Gasteiger partial charge >= 0.3 is 5.69 Å². The Morgan fingerprint density at radius 3 is 2.75 bits per heavy atom. The Hall–Kier alpha value is -2.28. The molecule has 20 heavy (non-hydrogen) atoms. The van der Waals surface area contributed by atoms with Gasteiger partial charge in [0, 0.05) is 4.88 Å². The SMILES string of the molecule is Cc1ccc(C(=O)COc2ccc(F)cc2[N+](=O)[O-])s1. The molecule has 104 valence electrons. The monoisotopic (exact) mass is 295 g/mol. The molecule has 2 aromatic rings. The molecule has 0 aliphatic rings. The Morgan fingerprint density at radius 2 is 2.15 bits per heavy atom. The van der Waals surface area contributed by atoms with Crippen LogP contribution in [0.25, 0.3) is 0 Å². The fourth-order valence-corrected chi connectivity index (χ4v) is 2.35. The van der Waals surface area contributed by atoms with Gasteiger partial charge in [-0.05, 0) is 31.2 Å². The van der Waals surface area contributed by atoms with Crippen LogP contribution in [0.4, 0.5) is 10.1 Å². The third kappa shape index (κ3) is 3.18. The first-order chi connectivity index (χ1) is 9.47. The number of halogens is 1. The highest BCUT2D eigenvalue weighted by Crippen LogP contribution is 2.27. The first kappa shape index (κ1) is 14.1. The number of Topliss-reactive ketones (excluding diaryl/α,β-unsaturated/α-hetero) is 1. The van der Waals surface area contributed by atoms with E-state index >= 15 is 0 Å². The molecule has 7 heteroatoms. The Kier molecular flexibility index (Phi) is 4.09. The zero-order valence-electron chi connectivity index (χ0n) is 10.5. The standard InChI is InChI=1S/C13H10FNO4S/c1-8-2-5-13(20-8)11(16)7-19-12-4-3-9(14)6-10(12)15(17)18/h2-6H,7H2,1H3. The quantitative estimate of drug-likeness (QED) is 0.482. The molecule has 0 spiro atoms. The van der Waals surface area contributed by atoms with Gasteiger partial charge in [0.1, 0.15) is 5.82 Å². The van der Waals surface area contributed by atoms with Gasteiger partial charge in [-0.25, -0.2) is 4.39 Å². The largest absolute Gasteiger partial charge is 0.478 e. The number of nitrogens with zero attached hydrogens (tertiary/aromatic N) is 1. The first-order valence-electron chi connectivity index (χ1n) is 5.64. The summed E-state index contributed by atoms with van der Waals surface area (Å²) in [6.07, 6.45) is 0. The molecule has 0 unspecified atom stereocenters. The van der Waals surface area contributed by atoms with Crippen molar-refractivity contribution in [3.05, 3.63) is 56.0 Å². The van der Waals surface area contributed by atoms with E-state index in [9.17, 15) is 19.3 Å². The molecular weight excluding hydrogens is 285 g/mol. The number of hydrogen-bond donors (Lipinski definition) is 0. The molecule has 0 atom stereocenters. The number of rotatable bonds is 5. The number of ketones is 1. The van der Waals surface area contributed by atoms with Crippen LogP contribution in [0.5, 0.6) is 5.75 Å². The van der Waals surface area contributed by atoms with Crippen LogP contribution in [0.1, 0.15) is 14.5 Å². The highest BCUT2D eigenvalue weighted by Gasteiger charge is 2.18. The van der Waals surface area contributed by atoms with Crippen molar-refractivity contribution in [3.63, 3.8) is 0 Å². The van der Waals surface area contributed by atoms with Crippen LogP contribution < -0.4 is 4.74 Å². The van der Waals surface area contributed by atoms with Crippen LogP contribution in [-0.2, 0) is 0 Å². The van der Waals surface area contributed by atoms with Crippen molar-refractivity contribution < 1.29 is 18.8 Å². The lowest BCUT2D eigenvalue weighted by Gasteiger charge is -2.05. The topological polar surface area (TPSA) is 69.4 Å². The van der Waals surface area contributed by atoms with Crippen molar-refractivity contribution >= 4 is 22.8 Å².